The molecule has 5 heteroatoms. The Labute approximate surface area is 107 Å². The second kappa shape index (κ2) is 4.46. The van der Waals surface area contributed by atoms with Crippen LogP contribution in [0.5, 0.6) is 0 Å². The Morgan fingerprint density at radius 3 is 2.89 bits per heavy atom. The molecule has 1 unspecified atom stereocenters. The molecule has 18 heavy (non-hydrogen) atoms. The Morgan fingerprint density at radius 1 is 1.28 bits per heavy atom. The first kappa shape index (κ1) is 12.4. The van der Waals surface area contributed by atoms with Crippen molar-refractivity contribution in [1.29, 1.82) is 0 Å². The van der Waals surface area contributed by atoms with Gasteiger partial charge in [-0.2, -0.15) is 0 Å². The third-order valence-electron chi connectivity index (χ3n) is 4.52. The van der Waals surface area contributed by atoms with Gasteiger partial charge < -0.3 is 24.5 Å². The molecule has 1 spiro atoms. The lowest BCUT2D eigenvalue weighted by Crippen LogP contribution is -2.54. The molecule has 0 radical (unpaired) electrons. The molecule has 5 nitrogen and oxygen atoms in total. The molecular formula is C13H19NO4. The van der Waals surface area contributed by atoms with Gasteiger partial charge in [-0.25, -0.2) is 6.57 Å². The molecule has 0 aromatic rings. The van der Waals surface area contributed by atoms with Crippen molar-refractivity contribution in [1.82, 2.24) is 0 Å². The number of hydrogen-bond donors (Lipinski definition) is 2. The lowest BCUT2D eigenvalue weighted by molar-refractivity contribution is -0.177. The first-order chi connectivity index (χ1) is 8.64. The zero-order valence-corrected chi connectivity index (χ0v) is 10.3. The molecular weight excluding hydrogens is 234 g/mol. The van der Waals surface area contributed by atoms with Crippen LogP contribution in [0.15, 0.2) is 0 Å². The highest BCUT2D eigenvalue weighted by Crippen LogP contribution is 2.49. The van der Waals surface area contributed by atoms with Crippen LogP contribution < -0.4 is 0 Å². The summed E-state index contributed by atoms with van der Waals surface area (Å²) >= 11 is 0. The van der Waals surface area contributed by atoms with Gasteiger partial charge in [0.05, 0.1) is 30.0 Å². The Balaban J connectivity index is 1.74. The SMILES string of the molecule is [C-]#[N+]CC[C@H]1CC[C@@H]2O[C@@H]3C[C@]2(C[C@@H](O)C3O)O1. The quantitative estimate of drug-likeness (QED) is 0.703. The highest BCUT2D eigenvalue weighted by atomic mass is 16.6. The molecule has 1 aliphatic carbocycles. The van der Waals surface area contributed by atoms with Crippen molar-refractivity contribution in [3.63, 3.8) is 0 Å². The summed E-state index contributed by atoms with van der Waals surface area (Å²) in [6.07, 6.45) is 1.94. The van der Waals surface area contributed by atoms with Crippen LogP contribution in [0.25, 0.3) is 4.85 Å². The molecule has 2 saturated heterocycles. The predicted molar refractivity (Wildman–Crippen MR) is 62.8 cm³/mol. The van der Waals surface area contributed by atoms with Gasteiger partial charge in [-0.3, -0.25) is 0 Å². The summed E-state index contributed by atoms with van der Waals surface area (Å²) < 4.78 is 12.0. The van der Waals surface area contributed by atoms with Gasteiger partial charge in [0.1, 0.15) is 6.10 Å². The maximum atomic E-state index is 9.90. The second-order valence-corrected chi connectivity index (χ2v) is 5.68. The van der Waals surface area contributed by atoms with E-state index in [0.29, 0.717) is 19.4 Å². The Hall–Kier alpha value is -0.670. The number of aliphatic hydroxyl groups excluding tert-OH is 2. The predicted octanol–water partition coefficient (Wildman–Crippen LogP) is 0.497. The van der Waals surface area contributed by atoms with E-state index < -0.39 is 17.8 Å². The fraction of sp³-hybridized carbons (Fsp3) is 0.923. The van der Waals surface area contributed by atoms with E-state index in [2.05, 4.69) is 4.85 Å². The number of nitrogens with zero attached hydrogens (tertiary/aromatic N) is 1. The summed E-state index contributed by atoms with van der Waals surface area (Å²) in [5, 5.41) is 19.7. The summed E-state index contributed by atoms with van der Waals surface area (Å²) in [6.45, 7) is 7.32. The molecule has 0 aromatic heterocycles. The molecule has 3 aliphatic rings. The fourth-order valence-corrected chi connectivity index (χ4v) is 3.64. The molecule has 1 saturated carbocycles. The maximum absolute atomic E-state index is 9.90. The highest BCUT2D eigenvalue weighted by Gasteiger charge is 2.59. The number of ether oxygens (including phenoxy) is 2. The van der Waals surface area contributed by atoms with E-state index >= 15 is 0 Å². The van der Waals surface area contributed by atoms with E-state index in [-0.39, 0.29) is 18.3 Å². The number of aliphatic hydroxyl groups is 2. The van der Waals surface area contributed by atoms with Crippen LogP contribution in [-0.4, -0.2) is 52.9 Å². The van der Waals surface area contributed by atoms with Gasteiger partial charge in [-0.15, -0.1) is 0 Å². The minimum atomic E-state index is -0.786. The maximum Gasteiger partial charge on any atom is 0.217 e. The molecule has 2 N–H and O–H groups in total. The molecule has 0 aromatic carbocycles. The lowest BCUT2D eigenvalue weighted by atomic mass is 9.76. The van der Waals surface area contributed by atoms with E-state index in [9.17, 15) is 10.2 Å². The van der Waals surface area contributed by atoms with Crippen LogP contribution in [0, 0.1) is 6.57 Å². The standard InChI is InChI=1S/C13H19NO4/c1-14-5-4-8-2-3-11-13(18-8)6-9(15)12(16)10(7-13)17-11/h8-12,15-16H,2-7H2/t8-,9-,10-,11+,12?,13+/m1/s1. The van der Waals surface area contributed by atoms with E-state index in [4.69, 9.17) is 16.0 Å². The first-order valence-corrected chi connectivity index (χ1v) is 6.67. The Morgan fingerprint density at radius 2 is 2.11 bits per heavy atom. The van der Waals surface area contributed by atoms with E-state index in [1.54, 1.807) is 0 Å². The van der Waals surface area contributed by atoms with Crippen molar-refractivity contribution < 1.29 is 19.7 Å². The van der Waals surface area contributed by atoms with Crippen molar-refractivity contribution in [2.24, 2.45) is 0 Å². The molecule has 2 aliphatic heterocycles. The molecule has 3 fully saturated rings. The van der Waals surface area contributed by atoms with Crippen LogP contribution in [0.1, 0.15) is 32.1 Å². The summed E-state index contributed by atoms with van der Waals surface area (Å²) in [5.41, 5.74) is -0.422. The van der Waals surface area contributed by atoms with Gasteiger partial charge in [0, 0.05) is 19.3 Å². The van der Waals surface area contributed by atoms with E-state index in [1.165, 1.54) is 0 Å². The van der Waals surface area contributed by atoms with Crippen molar-refractivity contribution >= 4 is 0 Å². The average molecular weight is 253 g/mol. The summed E-state index contributed by atoms with van der Waals surface area (Å²) in [7, 11) is 0. The van der Waals surface area contributed by atoms with Crippen LogP contribution >= 0.6 is 0 Å². The van der Waals surface area contributed by atoms with Gasteiger partial charge in [0.2, 0.25) is 6.54 Å². The number of fused-ring (bicyclic) bond motifs is 1. The molecule has 2 heterocycles. The number of rotatable bonds is 2. The van der Waals surface area contributed by atoms with Gasteiger partial charge in [-0.05, 0) is 12.8 Å². The van der Waals surface area contributed by atoms with E-state index in [0.717, 1.165) is 19.3 Å². The zero-order valence-electron chi connectivity index (χ0n) is 10.3. The zero-order chi connectivity index (χ0) is 12.8. The monoisotopic (exact) mass is 253 g/mol. The van der Waals surface area contributed by atoms with Gasteiger partial charge in [0.15, 0.2) is 0 Å². The molecule has 100 valence electrons. The Kier molecular flexibility index (Phi) is 3.07. The van der Waals surface area contributed by atoms with Gasteiger partial charge in [-0.1, -0.05) is 0 Å². The minimum absolute atomic E-state index is 0.00140. The molecule has 0 amide bonds. The molecule has 2 bridgehead atoms. The highest BCUT2D eigenvalue weighted by molar-refractivity contribution is 5.09. The first-order valence-electron chi connectivity index (χ1n) is 6.67. The summed E-state index contributed by atoms with van der Waals surface area (Å²) in [4.78, 5) is 3.37. The third kappa shape index (κ3) is 1.84. The lowest BCUT2D eigenvalue weighted by Gasteiger charge is -2.44. The summed E-state index contributed by atoms with van der Waals surface area (Å²) in [5.74, 6) is 0. The molecule has 6 atom stereocenters. The van der Waals surface area contributed by atoms with Crippen LogP contribution in [0.3, 0.4) is 0 Å². The van der Waals surface area contributed by atoms with Crippen molar-refractivity contribution in [3.8, 4) is 0 Å². The van der Waals surface area contributed by atoms with Crippen LogP contribution in [0.4, 0.5) is 0 Å². The van der Waals surface area contributed by atoms with Gasteiger partial charge in [0.25, 0.3) is 0 Å². The third-order valence-corrected chi connectivity index (χ3v) is 4.52. The smallest absolute Gasteiger partial charge is 0.217 e. The largest absolute Gasteiger partial charge is 0.390 e. The van der Waals surface area contributed by atoms with Crippen LogP contribution in [0.2, 0.25) is 0 Å². The number of hydrogen-bond acceptors (Lipinski definition) is 4. The topological polar surface area (TPSA) is 63.3 Å². The second-order valence-electron chi connectivity index (χ2n) is 5.68. The summed E-state index contributed by atoms with van der Waals surface area (Å²) in [6, 6.07) is 0. The normalized spacial score (nSPS) is 50.6. The van der Waals surface area contributed by atoms with Crippen molar-refractivity contribution in [3.05, 3.63) is 11.4 Å². The van der Waals surface area contributed by atoms with Crippen molar-refractivity contribution in [2.75, 3.05) is 6.54 Å². The molecule has 3 rings (SSSR count). The van der Waals surface area contributed by atoms with Crippen molar-refractivity contribution in [2.45, 2.75) is 68.2 Å². The Bertz CT molecular complexity index is 368. The fourth-order valence-electron chi connectivity index (χ4n) is 3.64. The average Bonchev–Trinajstić information content (AvgIpc) is 2.68. The van der Waals surface area contributed by atoms with Gasteiger partial charge >= 0.3 is 0 Å². The van der Waals surface area contributed by atoms with Crippen LogP contribution in [-0.2, 0) is 9.47 Å². The van der Waals surface area contributed by atoms with E-state index in [1.807, 2.05) is 0 Å². The minimum Gasteiger partial charge on any atom is -0.390 e.